The molecular formula is C39H34N4OPt. The van der Waals surface area contributed by atoms with Gasteiger partial charge >= 0.3 is 21.1 Å². The molecule has 3 heterocycles. The van der Waals surface area contributed by atoms with Crippen molar-refractivity contribution in [2.75, 3.05) is 0 Å². The van der Waals surface area contributed by atoms with Crippen molar-refractivity contribution in [2.45, 2.75) is 47.0 Å². The summed E-state index contributed by atoms with van der Waals surface area (Å²) < 4.78 is 10.4. The molecule has 0 aliphatic heterocycles. The number of fused-ring (bicyclic) bond motifs is 3. The number of aryl methyl sites for hydroxylation is 2. The first-order chi connectivity index (χ1) is 21.2. The van der Waals surface area contributed by atoms with E-state index in [1.54, 1.807) is 0 Å². The predicted molar refractivity (Wildman–Crippen MR) is 178 cm³/mol. The van der Waals surface area contributed by atoms with Gasteiger partial charge in [-0.25, -0.2) is 4.98 Å². The van der Waals surface area contributed by atoms with Gasteiger partial charge < -0.3 is 9.30 Å². The van der Waals surface area contributed by atoms with Crippen molar-refractivity contribution in [1.82, 2.24) is 19.3 Å². The Bertz CT molecular complexity index is 2180. The second kappa shape index (κ2) is 11.8. The predicted octanol–water partition coefficient (Wildman–Crippen LogP) is 9.64. The SMILES string of the molecule is Cc1ccnc(-n2c3[c-]c(Oc4[c-]c(-n5cc(-c6c(C)ccc(C(C)(C)C)c6C)cn5)ccc4)ccc3c3ccccc32)c1.[Pt+2]. The summed E-state index contributed by atoms with van der Waals surface area (Å²) >= 11 is 0. The van der Waals surface area contributed by atoms with Crippen LogP contribution in [0.1, 0.15) is 43.0 Å². The van der Waals surface area contributed by atoms with Crippen LogP contribution in [-0.4, -0.2) is 19.3 Å². The van der Waals surface area contributed by atoms with Gasteiger partial charge in [-0.15, -0.1) is 35.7 Å². The molecule has 0 aliphatic rings. The molecule has 5 nitrogen and oxygen atoms in total. The summed E-state index contributed by atoms with van der Waals surface area (Å²) in [4.78, 5) is 4.68. The average Bonchev–Trinajstić information content (AvgIpc) is 3.60. The van der Waals surface area contributed by atoms with Gasteiger partial charge in [0.2, 0.25) is 0 Å². The van der Waals surface area contributed by atoms with Gasteiger partial charge in [0.05, 0.1) is 6.20 Å². The van der Waals surface area contributed by atoms with E-state index in [2.05, 4.69) is 118 Å². The van der Waals surface area contributed by atoms with Crippen molar-refractivity contribution in [2.24, 2.45) is 0 Å². The Kier molecular flexibility index (Phi) is 8.01. The van der Waals surface area contributed by atoms with Crippen molar-refractivity contribution in [3.8, 4) is 34.1 Å². The molecule has 0 aliphatic carbocycles. The number of nitrogens with zero attached hydrogens (tertiary/aromatic N) is 4. The van der Waals surface area contributed by atoms with Gasteiger partial charge in [-0.2, -0.15) is 17.2 Å². The fraction of sp³-hybridized carbons (Fsp3) is 0.179. The number of pyridine rings is 1. The Morgan fingerprint density at radius 1 is 0.800 bits per heavy atom. The van der Waals surface area contributed by atoms with Crippen LogP contribution in [0.2, 0.25) is 0 Å². The van der Waals surface area contributed by atoms with Gasteiger partial charge in [0.15, 0.2) is 0 Å². The van der Waals surface area contributed by atoms with E-state index in [-0.39, 0.29) is 26.5 Å². The number of hydrogen-bond acceptors (Lipinski definition) is 3. The van der Waals surface area contributed by atoms with Gasteiger partial charge in [0, 0.05) is 35.0 Å². The number of para-hydroxylation sites is 1. The first kappa shape index (κ1) is 30.6. The molecule has 0 spiro atoms. The van der Waals surface area contributed by atoms with Crippen LogP contribution in [0.3, 0.4) is 0 Å². The molecule has 0 fully saturated rings. The van der Waals surface area contributed by atoms with E-state index < -0.39 is 0 Å². The maximum absolute atomic E-state index is 6.36. The minimum Gasteiger partial charge on any atom is -0.509 e. The summed E-state index contributed by atoms with van der Waals surface area (Å²) in [5.74, 6) is 2.05. The Hall–Kier alpha value is -4.47. The molecule has 3 aromatic heterocycles. The maximum Gasteiger partial charge on any atom is 2.00 e. The molecule has 4 aromatic carbocycles. The van der Waals surface area contributed by atoms with Crippen molar-refractivity contribution in [3.63, 3.8) is 0 Å². The Balaban J connectivity index is 0.00000357. The zero-order valence-electron chi connectivity index (χ0n) is 26.3. The molecule has 0 bridgehead atoms. The normalized spacial score (nSPS) is 11.6. The number of benzene rings is 4. The third kappa shape index (κ3) is 5.62. The van der Waals surface area contributed by atoms with Gasteiger partial charge in [0.25, 0.3) is 0 Å². The Morgan fingerprint density at radius 2 is 1.60 bits per heavy atom. The van der Waals surface area contributed by atoms with Gasteiger partial charge in [-0.05, 0) is 83.3 Å². The number of hydrogen-bond donors (Lipinski definition) is 0. The van der Waals surface area contributed by atoms with E-state index in [0.717, 1.165) is 44.4 Å². The first-order valence-electron chi connectivity index (χ1n) is 14.9. The molecule has 0 saturated heterocycles. The van der Waals surface area contributed by atoms with Crippen LogP contribution in [0.25, 0.3) is 44.4 Å². The van der Waals surface area contributed by atoms with Crippen LogP contribution >= 0.6 is 0 Å². The standard InChI is InChI=1S/C39H34N4O.Pt/c1-25-18-19-40-37(20-25)43-35-13-8-7-12-32(35)33-16-15-31(22-36(33)43)44-30-11-9-10-29(21-30)42-24-28(23-41-42)38-26(2)14-17-34(27(38)3)39(4,5)6;/h7-20,23-24H,1-6H3;/q-2;+2. The molecule has 7 rings (SSSR count). The van der Waals surface area contributed by atoms with Crippen molar-refractivity contribution in [3.05, 3.63) is 132 Å². The van der Waals surface area contributed by atoms with E-state index in [1.165, 1.54) is 22.3 Å². The summed E-state index contributed by atoms with van der Waals surface area (Å²) in [5.41, 5.74) is 10.2. The largest absolute Gasteiger partial charge is 2.00 e. The minimum atomic E-state index is 0. The van der Waals surface area contributed by atoms with Crippen LogP contribution < -0.4 is 4.74 Å². The second-order valence-corrected chi connectivity index (χ2v) is 12.5. The molecule has 0 unspecified atom stereocenters. The van der Waals surface area contributed by atoms with E-state index in [9.17, 15) is 0 Å². The summed E-state index contributed by atoms with van der Waals surface area (Å²) in [6, 6.07) is 33.8. The van der Waals surface area contributed by atoms with E-state index in [1.807, 2.05) is 47.4 Å². The van der Waals surface area contributed by atoms with Gasteiger partial charge in [-0.3, -0.25) is 4.68 Å². The van der Waals surface area contributed by atoms with Crippen LogP contribution in [0.15, 0.2) is 97.5 Å². The summed E-state index contributed by atoms with van der Waals surface area (Å²) in [7, 11) is 0. The zero-order valence-corrected chi connectivity index (χ0v) is 28.5. The molecule has 45 heavy (non-hydrogen) atoms. The van der Waals surface area contributed by atoms with E-state index in [0.29, 0.717) is 11.5 Å². The van der Waals surface area contributed by atoms with Crippen LogP contribution in [0.4, 0.5) is 0 Å². The summed E-state index contributed by atoms with van der Waals surface area (Å²) in [5, 5.41) is 6.96. The fourth-order valence-electron chi connectivity index (χ4n) is 6.25. The minimum absolute atomic E-state index is 0. The zero-order chi connectivity index (χ0) is 30.6. The molecular weight excluding hydrogens is 736 g/mol. The summed E-state index contributed by atoms with van der Waals surface area (Å²) in [6.45, 7) is 13.2. The van der Waals surface area contributed by atoms with E-state index >= 15 is 0 Å². The van der Waals surface area contributed by atoms with Crippen LogP contribution in [0, 0.1) is 32.9 Å². The number of rotatable bonds is 5. The molecule has 0 N–H and O–H groups in total. The Morgan fingerprint density at radius 3 is 2.40 bits per heavy atom. The van der Waals surface area contributed by atoms with Gasteiger partial charge in [-0.1, -0.05) is 56.6 Å². The van der Waals surface area contributed by atoms with Crippen molar-refractivity contribution >= 4 is 21.8 Å². The topological polar surface area (TPSA) is 44.9 Å². The number of aromatic nitrogens is 4. The Labute approximate surface area is 278 Å². The molecule has 0 radical (unpaired) electrons. The third-order valence-electron chi connectivity index (χ3n) is 8.26. The summed E-state index contributed by atoms with van der Waals surface area (Å²) in [6.07, 6.45) is 5.85. The fourth-order valence-corrected chi connectivity index (χ4v) is 6.25. The quantitative estimate of drug-likeness (QED) is 0.164. The average molecular weight is 770 g/mol. The molecule has 6 heteroatoms. The monoisotopic (exact) mass is 769 g/mol. The molecule has 0 amide bonds. The second-order valence-electron chi connectivity index (χ2n) is 12.5. The maximum atomic E-state index is 6.36. The molecule has 7 aromatic rings. The molecule has 0 saturated carbocycles. The van der Waals surface area contributed by atoms with Crippen molar-refractivity contribution in [1.29, 1.82) is 0 Å². The number of ether oxygens (including phenoxy) is 1. The third-order valence-corrected chi connectivity index (χ3v) is 8.26. The smallest absolute Gasteiger partial charge is 0.509 e. The van der Waals surface area contributed by atoms with Crippen molar-refractivity contribution < 1.29 is 25.8 Å². The first-order valence-corrected chi connectivity index (χ1v) is 14.9. The van der Waals surface area contributed by atoms with Crippen LogP contribution in [-0.2, 0) is 26.5 Å². The molecule has 226 valence electrons. The van der Waals surface area contributed by atoms with Gasteiger partial charge in [0.1, 0.15) is 5.82 Å². The van der Waals surface area contributed by atoms with Crippen LogP contribution in [0.5, 0.6) is 11.5 Å². The van der Waals surface area contributed by atoms with E-state index in [4.69, 9.17) is 9.84 Å². The molecule has 0 atom stereocenters.